The topological polar surface area (TPSA) is 101 Å². The van der Waals surface area contributed by atoms with E-state index in [0.29, 0.717) is 17.1 Å². The van der Waals surface area contributed by atoms with Crippen LogP contribution >= 0.6 is 0 Å². The summed E-state index contributed by atoms with van der Waals surface area (Å²) in [5, 5.41) is 38.5. The number of phenolic OH excluding ortho intramolecular Hbond substituents is 2. The van der Waals surface area contributed by atoms with Crippen LogP contribution in [0.4, 0.5) is 0 Å². The number of hydrogen-bond acceptors (Lipinski definition) is 5. The SMILES string of the molecule is COC1=C(O)[C@@H](O)C=C2[O+]=C(c3ccc(O)c(O)c3)C=C[C@@H]21. The normalized spacial score (nSPS) is 23.7. The van der Waals surface area contributed by atoms with Gasteiger partial charge in [-0.15, -0.1) is 0 Å². The van der Waals surface area contributed by atoms with E-state index in [9.17, 15) is 20.4 Å². The largest absolute Gasteiger partial charge is 0.506 e. The summed E-state index contributed by atoms with van der Waals surface area (Å²) in [4.78, 5) is 0. The van der Waals surface area contributed by atoms with Gasteiger partial charge in [0.1, 0.15) is 6.10 Å². The molecule has 1 heterocycles. The van der Waals surface area contributed by atoms with Crippen molar-refractivity contribution in [2.75, 3.05) is 7.11 Å². The molecule has 0 bridgehead atoms. The molecule has 0 unspecified atom stereocenters. The molecule has 1 aliphatic heterocycles. The summed E-state index contributed by atoms with van der Waals surface area (Å²) in [5.74, 6) is -0.0262. The first kappa shape index (κ1) is 14.2. The molecular weight excluding hydrogens is 288 g/mol. The first-order chi connectivity index (χ1) is 10.5. The number of phenols is 2. The van der Waals surface area contributed by atoms with Gasteiger partial charge in [-0.25, -0.2) is 4.42 Å². The fraction of sp³-hybridized carbons (Fsp3) is 0.188. The number of aromatic hydroxyl groups is 2. The molecule has 0 saturated carbocycles. The lowest BCUT2D eigenvalue weighted by Gasteiger charge is -2.20. The minimum Gasteiger partial charge on any atom is -0.506 e. The average Bonchev–Trinajstić information content (AvgIpc) is 2.51. The van der Waals surface area contributed by atoms with Crippen LogP contribution in [0.25, 0.3) is 0 Å². The van der Waals surface area contributed by atoms with Crippen LogP contribution in [-0.4, -0.2) is 39.4 Å². The minimum atomic E-state index is -1.19. The Kier molecular flexibility index (Phi) is 3.38. The van der Waals surface area contributed by atoms with Gasteiger partial charge in [0.2, 0.25) is 0 Å². The Balaban J connectivity index is 2.00. The molecule has 0 aromatic heterocycles. The number of aliphatic hydroxyl groups excluding tert-OH is 2. The van der Waals surface area contributed by atoms with Crippen molar-refractivity contribution in [3.8, 4) is 11.5 Å². The third-order valence-electron chi connectivity index (χ3n) is 3.59. The van der Waals surface area contributed by atoms with Gasteiger partial charge in [-0.2, -0.15) is 0 Å². The van der Waals surface area contributed by atoms with E-state index in [-0.39, 0.29) is 23.0 Å². The number of carbonyl (C=O) groups excluding carboxylic acids is 1. The Morgan fingerprint density at radius 2 is 1.91 bits per heavy atom. The zero-order chi connectivity index (χ0) is 15.9. The Hall–Kier alpha value is -2.73. The first-order valence-electron chi connectivity index (χ1n) is 6.63. The van der Waals surface area contributed by atoms with Crippen LogP contribution in [0.5, 0.6) is 11.5 Å². The number of hydrogen-bond donors (Lipinski definition) is 4. The zero-order valence-electron chi connectivity index (χ0n) is 11.7. The standard InChI is InChI=1S/C16H14O6/c1-21-16-9-3-5-13(8-2-4-10(17)11(18)6-8)22-14(9)7-12(19)15(16)20/h2-7,9,12,19H,1H3,(H2-,17,18,20)/p+1/t9-,12-/m0/s1. The van der Waals surface area contributed by atoms with Gasteiger partial charge in [0, 0.05) is 12.1 Å². The van der Waals surface area contributed by atoms with Crippen molar-refractivity contribution >= 4 is 5.78 Å². The van der Waals surface area contributed by atoms with Crippen LogP contribution in [-0.2, 0) is 4.74 Å². The maximum atomic E-state index is 9.83. The monoisotopic (exact) mass is 303 g/mol. The van der Waals surface area contributed by atoms with Gasteiger partial charge >= 0.3 is 11.5 Å². The summed E-state index contributed by atoms with van der Waals surface area (Å²) in [6, 6.07) is 4.33. The van der Waals surface area contributed by atoms with Crippen LogP contribution in [0.1, 0.15) is 9.99 Å². The summed E-state index contributed by atoms with van der Waals surface area (Å²) >= 11 is 0. The van der Waals surface area contributed by atoms with E-state index >= 15 is 0 Å². The van der Waals surface area contributed by atoms with E-state index in [0.717, 1.165) is 0 Å². The first-order valence-corrected chi connectivity index (χ1v) is 6.63. The van der Waals surface area contributed by atoms with Crippen LogP contribution in [0.2, 0.25) is 0 Å². The van der Waals surface area contributed by atoms with Gasteiger partial charge < -0.3 is 25.2 Å². The number of ether oxygens (including phenoxy) is 1. The third-order valence-corrected chi connectivity index (χ3v) is 3.59. The number of fused-ring (bicyclic) bond motifs is 1. The molecular formula is C16H15O6+. The van der Waals surface area contributed by atoms with E-state index in [1.54, 1.807) is 18.2 Å². The Labute approximate surface area is 126 Å². The van der Waals surface area contributed by atoms with Crippen molar-refractivity contribution in [2.45, 2.75) is 6.10 Å². The fourth-order valence-corrected chi connectivity index (χ4v) is 2.46. The second kappa shape index (κ2) is 5.23. The molecule has 1 aromatic carbocycles. The van der Waals surface area contributed by atoms with E-state index in [1.165, 1.54) is 25.3 Å². The van der Waals surface area contributed by atoms with Crippen molar-refractivity contribution in [1.82, 2.24) is 0 Å². The maximum Gasteiger partial charge on any atom is 0.360 e. The predicted molar refractivity (Wildman–Crippen MR) is 77.5 cm³/mol. The van der Waals surface area contributed by atoms with E-state index in [4.69, 9.17) is 9.16 Å². The van der Waals surface area contributed by atoms with Crippen molar-refractivity contribution < 1.29 is 29.6 Å². The molecule has 4 N–H and O–H groups in total. The Morgan fingerprint density at radius 3 is 2.59 bits per heavy atom. The molecule has 0 radical (unpaired) electrons. The molecule has 3 rings (SSSR count). The molecule has 114 valence electrons. The highest BCUT2D eigenvalue weighted by Crippen LogP contribution is 2.35. The van der Waals surface area contributed by atoms with Crippen molar-refractivity contribution in [2.24, 2.45) is 5.92 Å². The van der Waals surface area contributed by atoms with Crippen LogP contribution < -0.4 is 0 Å². The number of aliphatic hydroxyl groups is 2. The second-order valence-electron chi connectivity index (χ2n) is 4.97. The predicted octanol–water partition coefficient (Wildman–Crippen LogP) is 1.68. The van der Waals surface area contributed by atoms with Crippen molar-refractivity contribution in [3.63, 3.8) is 0 Å². The number of methoxy groups -OCH3 is 1. The number of allylic oxidation sites excluding steroid dienone is 1. The van der Waals surface area contributed by atoms with Gasteiger partial charge in [-0.1, -0.05) is 6.08 Å². The summed E-state index contributed by atoms with van der Waals surface area (Å²) in [6.07, 6.45) is 3.64. The van der Waals surface area contributed by atoms with Crippen LogP contribution in [0, 0.1) is 5.92 Å². The van der Waals surface area contributed by atoms with Gasteiger partial charge in [-0.05, 0) is 12.1 Å². The molecule has 6 heteroatoms. The van der Waals surface area contributed by atoms with Gasteiger partial charge in [0.15, 0.2) is 28.9 Å². The lowest BCUT2D eigenvalue weighted by Crippen LogP contribution is -2.24. The average molecular weight is 303 g/mol. The molecule has 0 fully saturated rings. The molecule has 1 aromatic rings. The van der Waals surface area contributed by atoms with Crippen molar-refractivity contribution in [1.29, 1.82) is 0 Å². The maximum absolute atomic E-state index is 9.83. The number of rotatable bonds is 2. The Morgan fingerprint density at radius 1 is 1.14 bits per heavy atom. The number of ketones is 1. The highest BCUT2D eigenvalue weighted by molar-refractivity contribution is 6.05. The number of benzene rings is 1. The molecule has 0 amide bonds. The molecule has 22 heavy (non-hydrogen) atoms. The van der Waals surface area contributed by atoms with Gasteiger partial charge in [0.05, 0.1) is 18.7 Å². The zero-order valence-corrected chi connectivity index (χ0v) is 11.7. The third kappa shape index (κ3) is 2.23. The minimum absolute atomic E-state index is 0.219. The van der Waals surface area contributed by atoms with Crippen LogP contribution in [0.3, 0.4) is 0 Å². The fourth-order valence-electron chi connectivity index (χ4n) is 2.46. The van der Waals surface area contributed by atoms with Gasteiger partial charge in [-0.3, -0.25) is 0 Å². The van der Waals surface area contributed by atoms with E-state index < -0.39 is 12.0 Å². The summed E-state index contributed by atoms with van der Waals surface area (Å²) < 4.78 is 10.9. The highest BCUT2D eigenvalue weighted by Gasteiger charge is 2.40. The molecule has 6 nitrogen and oxygen atoms in total. The highest BCUT2D eigenvalue weighted by atomic mass is 16.5. The molecule has 2 aliphatic rings. The second-order valence-corrected chi connectivity index (χ2v) is 4.97. The molecule has 0 spiro atoms. The quantitative estimate of drug-likeness (QED) is 0.492. The van der Waals surface area contributed by atoms with Crippen LogP contribution in [0.15, 0.2) is 53.7 Å². The molecule has 1 aliphatic carbocycles. The summed E-state index contributed by atoms with van der Waals surface area (Å²) in [6.45, 7) is 0. The Bertz CT molecular complexity index is 741. The summed E-state index contributed by atoms with van der Waals surface area (Å²) in [5.41, 5.74) is 0.568. The smallest absolute Gasteiger partial charge is 0.360 e. The lowest BCUT2D eigenvalue weighted by molar-refractivity contribution is -0.217. The van der Waals surface area contributed by atoms with Gasteiger partial charge in [0.25, 0.3) is 0 Å². The van der Waals surface area contributed by atoms with Crippen molar-refractivity contribution in [3.05, 3.63) is 59.3 Å². The lowest BCUT2D eigenvalue weighted by atomic mass is 9.93. The summed E-state index contributed by atoms with van der Waals surface area (Å²) in [7, 11) is 1.41. The molecule has 2 atom stereocenters. The van der Waals surface area contributed by atoms with E-state index in [1.807, 2.05) is 0 Å². The molecule has 0 saturated heterocycles. The van der Waals surface area contributed by atoms with E-state index in [2.05, 4.69) is 0 Å².